The van der Waals surface area contributed by atoms with Crippen LogP contribution in [0.15, 0.2) is 53.5 Å². The Hall–Kier alpha value is -3.91. The number of aliphatic hydroxyl groups is 1. The van der Waals surface area contributed by atoms with Crippen LogP contribution in [0.4, 0.5) is 5.69 Å². The number of aromatic nitrogens is 1. The van der Waals surface area contributed by atoms with Crippen molar-refractivity contribution in [2.45, 2.75) is 44.5 Å². The van der Waals surface area contributed by atoms with Crippen LogP contribution in [0.1, 0.15) is 31.7 Å². The van der Waals surface area contributed by atoms with Crippen LogP contribution in [-0.4, -0.2) is 71.7 Å². The fraction of sp³-hybridized carbons (Fsp3) is 0.440. The predicted octanol–water partition coefficient (Wildman–Crippen LogP) is 0.354. The number of carboxylic acids is 1. The smallest absolute Gasteiger partial charge is 0.300 e. The average molecular weight is 565 g/mol. The number of nitrogens with zero attached hydrogens (tertiary/aromatic N) is 2. The molecule has 1 saturated heterocycles. The first-order valence-corrected chi connectivity index (χ1v) is 14.0. The minimum Gasteiger partial charge on any atom is -0.481 e. The highest BCUT2D eigenvalue weighted by molar-refractivity contribution is 7.91. The quantitative estimate of drug-likeness (QED) is 0.174. The number of pyridine rings is 1. The third-order valence-electron chi connectivity index (χ3n) is 5.86. The summed E-state index contributed by atoms with van der Waals surface area (Å²) < 4.78 is 28.4. The fourth-order valence-electron chi connectivity index (χ4n) is 4.22. The number of carbonyl (C=O) groups is 2. The van der Waals surface area contributed by atoms with Crippen LogP contribution in [0, 0.1) is 11.3 Å². The van der Waals surface area contributed by atoms with Gasteiger partial charge in [-0.2, -0.15) is 0 Å². The number of rotatable bonds is 10. The van der Waals surface area contributed by atoms with Gasteiger partial charge in [-0.15, -0.1) is 0 Å². The molecule has 13 nitrogen and oxygen atoms in total. The van der Waals surface area contributed by atoms with Crippen LogP contribution >= 0.6 is 0 Å². The zero-order valence-electron chi connectivity index (χ0n) is 21.7. The van der Waals surface area contributed by atoms with Crippen LogP contribution in [0.5, 0.6) is 0 Å². The number of carbonyl (C=O) groups excluding carboxylic acids is 1. The van der Waals surface area contributed by atoms with Crippen molar-refractivity contribution in [1.82, 2.24) is 14.8 Å². The summed E-state index contributed by atoms with van der Waals surface area (Å²) in [4.78, 5) is 36.1. The first-order valence-electron chi connectivity index (χ1n) is 12.3. The summed E-state index contributed by atoms with van der Waals surface area (Å²) in [6.45, 7) is 1.80. The molecule has 1 aliphatic heterocycles. The molecule has 1 aromatic heterocycles. The van der Waals surface area contributed by atoms with Crippen LogP contribution in [0.25, 0.3) is 0 Å². The molecule has 0 spiro atoms. The number of sulfonamides is 1. The number of aliphatic carboxylic acids is 1. The second-order valence-corrected chi connectivity index (χ2v) is 11.0. The van der Waals surface area contributed by atoms with Crippen molar-refractivity contribution in [3.05, 3.63) is 64.6 Å². The molecule has 0 radical (unpaired) electrons. The highest BCUT2D eigenvalue weighted by Crippen LogP contribution is 2.20. The van der Waals surface area contributed by atoms with E-state index in [2.05, 4.69) is 10.0 Å². The SMILES string of the molecule is CC(=O)O.N=C(N)N1CCCC(C[C@@H](CO)NC(=O)Cn2cccc(NS(=O)(=O)Cc3ccccc3)c2=O)C1. The summed E-state index contributed by atoms with van der Waals surface area (Å²) in [6.07, 6.45) is 3.69. The van der Waals surface area contributed by atoms with Crippen LogP contribution in [0.3, 0.4) is 0 Å². The Kier molecular flexibility index (Phi) is 11.9. The maximum atomic E-state index is 12.8. The number of amides is 1. The van der Waals surface area contributed by atoms with Gasteiger partial charge in [0.15, 0.2) is 5.96 Å². The molecule has 2 aromatic rings. The minimum absolute atomic E-state index is 0.0120. The molecule has 1 aliphatic rings. The van der Waals surface area contributed by atoms with Gasteiger partial charge in [-0.3, -0.25) is 24.5 Å². The maximum Gasteiger partial charge on any atom is 0.300 e. The van der Waals surface area contributed by atoms with Gasteiger partial charge in [0.25, 0.3) is 11.5 Å². The molecule has 1 fully saturated rings. The van der Waals surface area contributed by atoms with Crippen molar-refractivity contribution in [2.75, 3.05) is 24.4 Å². The van der Waals surface area contributed by atoms with E-state index >= 15 is 0 Å². The molecular weight excluding hydrogens is 528 g/mol. The zero-order chi connectivity index (χ0) is 29.0. The third-order valence-corrected chi connectivity index (χ3v) is 7.11. The van der Waals surface area contributed by atoms with Gasteiger partial charge < -0.3 is 30.7 Å². The topological polar surface area (TPSA) is 208 Å². The number of likely N-dealkylation sites (tertiary alicyclic amines) is 1. The average Bonchev–Trinajstić information content (AvgIpc) is 2.86. The first-order chi connectivity index (χ1) is 18.4. The van der Waals surface area contributed by atoms with Crippen molar-refractivity contribution < 1.29 is 28.2 Å². The molecular formula is C25H36N6O7S. The molecule has 2 atom stereocenters. The number of anilines is 1. The van der Waals surface area contributed by atoms with Gasteiger partial charge in [-0.05, 0) is 42.9 Å². The van der Waals surface area contributed by atoms with Gasteiger partial charge in [-0.25, -0.2) is 8.42 Å². The molecule has 0 aliphatic carbocycles. The zero-order valence-corrected chi connectivity index (χ0v) is 22.6. The first kappa shape index (κ1) is 31.3. The van der Waals surface area contributed by atoms with E-state index < -0.39 is 33.5 Å². The van der Waals surface area contributed by atoms with Crippen molar-refractivity contribution in [1.29, 1.82) is 5.41 Å². The number of aliphatic hydroxyl groups excluding tert-OH is 1. The normalized spacial score (nSPS) is 15.8. The van der Waals surface area contributed by atoms with E-state index in [9.17, 15) is 23.1 Å². The molecule has 214 valence electrons. The second kappa shape index (κ2) is 14.9. The number of hydrogen-bond donors (Lipinski definition) is 6. The summed E-state index contributed by atoms with van der Waals surface area (Å²) in [5, 5.41) is 27.5. The van der Waals surface area contributed by atoms with Gasteiger partial charge in [0.1, 0.15) is 12.2 Å². The molecule has 0 saturated carbocycles. The van der Waals surface area contributed by atoms with Gasteiger partial charge in [0.2, 0.25) is 15.9 Å². The van der Waals surface area contributed by atoms with E-state index in [4.69, 9.17) is 21.0 Å². The highest BCUT2D eigenvalue weighted by Gasteiger charge is 2.24. The monoisotopic (exact) mass is 564 g/mol. The van der Waals surface area contributed by atoms with Crippen LogP contribution < -0.4 is 21.3 Å². The fourth-order valence-corrected chi connectivity index (χ4v) is 5.42. The highest BCUT2D eigenvalue weighted by atomic mass is 32.2. The number of hydrogen-bond acceptors (Lipinski definition) is 7. The molecule has 2 heterocycles. The Morgan fingerprint density at radius 1 is 1.21 bits per heavy atom. The van der Waals surface area contributed by atoms with Crippen LogP contribution in [-0.2, 0) is 31.9 Å². The van der Waals surface area contributed by atoms with Gasteiger partial charge >= 0.3 is 0 Å². The second-order valence-electron chi connectivity index (χ2n) is 9.24. The molecule has 14 heteroatoms. The maximum absolute atomic E-state index is 12.8. The predicted molar refractivity (Wildman–Crippen MR) is 147 cm³/mol. The number of piperidine rings is 1. The summed E-state index contributed by atoms with van der Waals surface area (Å²) in [5.74, 6) is -1.42. The van der Waals surface area contributed by atoms with E-state index in [-0.39, 0.29) is 36.5 Å². The lowest BCUT2D eigenvalue weighted by molar-refractivity contribution is -0.134. The van der Waals surface area contributed by atoms with Gasteiger partial charge in [-0.1, -0.05) is 30.3 Å². The molecule has 1 amide bonds. The lowest BCUT2D eigenvalue weighted by Gasteiger charge is -2.34. The lowest BCUT2D eigenvalue weighted by atomic mass is 9.91. The Labute approximate surface area is 227 Å². The summed E-state index contributed by atoms with van der Waals surface area (Å²) >= 11 is 0. The lowest BCUT2D eigenvalue weighted by Crippen LogP contribution is -2.47. The van der Waals surface area contributed by atoms with E-state index in [0.29, 0.717) is 18.5 Å². The van der Waals surface area contributed by atoms with E-state index in [0.717, 1.165) is 30.9 Å². The van der Waals surface area contributed by atoms with E-state index in [1.54, 1.807) is 35.2 Å². The van der Waals surface area contributed by atoms with Crippen LogP contribution in [0.2, 0.25) is 0 Å². The number of guanidine groups is 1. The third kappa shape index (κ3) is 11.2. The number of nitrogens with one attached hydrogen (secondary N) is 3. The Morgan fingerprint density at radius 3 is 2.49 bits per heavy atom. The summed E-state index contributed by atoms with van der Waals surface area (Å²) in [7, 11) is -3.83. The summed E-state index contributed by atoms with van der Waals surface area (Å²) in [6, 6.07) is 10.9. The minimum atomic E-state index is -3.83. The summed E-state index contributed by atoms with van der Waals surface area (Å²) in [5.41, 5.74) is 5.36. The molecule has 7 N–H and O–H groups in total. The molecule has 39 heavy (non-hydrogen) atoms. The Bertz CT molecular complexity index is 1280. The van der Waals surface area contributed by atoms with Gasteiger partial charge in [0.05, 0.1) is 18.4 Å². The van der Waals surface area contributed by atoms with Crippen molar-refractivity contribution in [3.63, 3.8) is 0 Å². The number of benzene rings is 1. The molecule has 0 bridgehead atoms. The van der Waals surface area contributed by atoms with Crippen molar-refractivity contribution >= 4 is 33.5 Å². The molecule has 1 unspecified atom stereocenters. The Balaban J connectivity index is 0.00000124. The largest absolute Gasteiger partial charge is 0.481 e. The van der Waals surface area contributed by atoms with Crippen molar-refractivity contribution in [3.8, 4) is 0 Å². The molecule has 3 rings (SSSR count). The Morgan fingerprint density at radius 2 is 1.87 bits per heavy atom. The van der Waals surface area contributed by atoms with E-state index in [1.165, 1.54) is 18.3 Å². The van der Waals surface area contributed by atoms with E-state index in [1.807, 2.05) is 0 Å². The standard InChI is InChI=1S/C23H32N6O5S.C2H4O2/c24-23(25)29-11-4-8-18(13-29)12-19(15-30)26-21(31)14-28-10-5-9-20(22(28)32)27-35(33,34)16-17-6-2-1-3-7-17;1-2(3)4/h1-3,5-7,9-10,18-19,27,30H,4,8,11-16H2,(H3,24,25)(H,26,31);1H3,(H,3,4)/t18?,19-;/m0./s1. The number of carboxylic acid groups (broad SMARTS) is 1. The number of nitrogens with two attached hydrogens (primary N) is 1. The van der Waals surface area contributed by atoms with Crippen molar-refractivity contribution in [2.24, 2.45) is 11.7 Å². The van der Waals surface area contributed by atoms with Gasteiger partial charge in [0, 0.05) is 26.2 Å². The molecule has 1 aromatic carbocycles.